The van der Waals surface area contributed by atoms with Crippen molar-refractivity contribution in [3.8, 4) is 5.75 Å². The van der Waals surface area contributed by atoms with Crippen LogP contribution in [0.3, 0.4) is 0 Å². The van der Waals surface area contributed by atoms with E-state index >= 15 is 0 Å². The van der Waals surface area contributed by atoms with Crippen LogP contribution in [-0.4, -0.2) is 61.7 Å². The maximum absolute atomic E-state index is 13.2. The first kappa shape index (κ1) is 22.5. The number of anilines is 1. The second-order valence-corrected chi connectivity index (χ2v) is 9.93. The van der Waals surface area contributed by atoms with Gasteiger partial charge in [0.25, 0.3) is 5.91 Å². The molecule has 1 N–H and O–H groups in total. The Hall–Kier alpha value is -2.69. The quantitative estimate of drug-likeness (QED) is 0.722. The zero-order valence-electron chi connectivity index (χ0n) is 17.2. The van der Waals surface area contributed by atoms with Crippen LogP contribution in [0.4, 0.5) is 10.1 Å². The molecule has 2 aliphatic rings. The van der Waals surface area contributed by atoms with Gasteiger partial charge in [-0.3, -0.25) is 9.59 Å². The standard InChI is InChI=1S/C21H21ClFN3O5S/c1-13-21(28)24-17-11-16(22)19(12-18(17)31-13)32(29,30)26-8-6-25(7-9-26)20(27)10-14-2-4-15(23)5-3-14/h2-5,11-13H,6-10H2,1H3,(H,24,28)/t13-/m1/s1. The van der Waals surface area contributed by atoms with Crippen LogP contribution in [-0.2, 0) is 26.0 Å². The van der Waals surface area contributed by atoms with Crippen molar-refractivity contribution in [1.29, 1.82) is 0 Å². The van der Waals surface area contributed by atoms with Crippen LogP contribution < -0.4 is 10.1 Å². The molecule has 0 unspecified atom stereocenters. The molecule has 4 rings (SSSR count). The summed E-state index contributed by atoms with van der Waals surface area (Å²) in [5.41, 5.74) is 1.00. The molecule has 1 atom stereocenters. The summed E-state index contributed by atoms with van der Waals surface area (Å²) in [7, 11) is -3.94. The summed E-state index contributed by atoms with van der Waals surface area (Å²) >= 11 is 6.23. The lowest BCUT2D eigenvalue weighted by Gasteiger charge is -2.34. The summed E-state index contributed by atoms with van der Waals surface area (Å²) < 4.78 is 46.2. The molecule has 2 aromatic rings. The molecule has 1 saturated heterocycles. The number of rotatable bonds is 4. The van der Waals surface area contributed by atoms with Gasteiger partial charge in [-0.2, -0.15) is 4.31 Å². The van der Waals surface area contributed by atoms with E-state index in [1.165, 1.54) is 28.6 Å². The molecule has 0 aromatic heterocycles. The number of nitrogens with one attached hydrogen (secondary N) is 1. The predicted octanol–water partition coefficient (Wildman–Crippen LogP) is 2.27. The lowest BCUT2D eigenvalue weighted by Crippen LogP contribution is -2.50. The lowest BCUT2D eigenvalue weighted by molar-refractivity contribution is -0.131. The van der Waals surface area contributed by atoms with Crippen molar-refractivity contribution in [3.05, 3.63) is 52.8 Å². The second-order valence-electron chi connectivity index (χ2n) is 7.62. The summed E-state index contributed by atoms with van der Waals surface area (Å²) in [5.74, 6) is -0.638. The summed E-state index contributed by atoms with van der Waals surface area (Å²) in [5, 5.41) is 2.60. The molecular weight excluding hydrogens is 461 g/mol. The Balaban J connectivity index is 1.45. The molecule has 2 heterocycles. The first-order valence-electron chi connectivity index (χ1n) is 9.98. The van der Waals surface area contributed by atoms with Crippen molar-refractivity contribution in [2.45, 2.75) is 24.3 Å². The van der Waals surface area contributed by atoms with Gasteiger partial charge in [-0.05, 0) is 30.7 Å². The molecule has 2 aromatic carbocycles. The summed E-state index contributed by atoms with van der Waals surface area (Å²) in [6, 6.07) is 8.37. The summed E-state index contributed by atoms with van der Waals surface area (Å²) in [4.78, 5) is 25.8. The minimum atomic E-state index is -3.94. The number of ether oxygens (including phenoxy) is 1. The van der Waals surface area contributed by atoms with Crippen molar-refractivity contribution >= 4 is 39.1 Å². The molecule has 0 saturated carbocycles. The minimum Gasteiger partial charge on any atom is -0.479 e. The minimum absolute atomic E-state index is 0.0305. The van der Waals surface area contributed by atoms with Gasteiger partial charge in [0.2, 0.25) is 15.9 Å². The van der Waals surface area contributed by atoms with E-state index in [0.29, 0.717) is 11.3 Å². The Labute approximate surface area is 189 Å². The molecule has 8 nitrogen and oxygen atoms in total. The number of hydrogen-bond donors (Lipinski definition) is 1. The highest BCUT2D eigenvalue weighted by Gasteiger charge is 2.34. The number of benzene rings is 2. The number of carbonyl (C=O) groups is 2. The number of piperazine rings is 1. The monoisotopic (exact) mass is 481 g/mol. The number of carbonyl (C=O) groups excluding carboxylic acids is 2. The van der Waals surface area contributed by atoms with E-state index in [-0.39, 0.29) is 65.9 Å². The van der Waals surface area contributed by atoms with Crippen LogP contribution in [0.2, 0.25) is 5.02 Å². The maximum atomic E-state index is 13.2. The number of hydrogen-bond acceptors (Lipinski definition) is 5. The first-order chi connectivity index (χ1) is 15.1. The van der Waals surface area contributed by atoms with Crippen molar-refractivity contribution in [2.24, 2.45) is 0 Å². The highest BCUT2D eigenvalue weighted by molar-refractivity contribution is 7.89. The van der Waals surface area contributed by atoms with Gasteiger partial charge in [-0.1, -0.05) is 23.7 Å². The molecule has 170 valence electrons. The van der Waals surface area contributed by atoms with Crippen LogP contribution in [0.5, 0.6) is 5.75 Å². The van der Waals surface area contributed by atoms with E-state index in [1.807, 2.05) is 0 Å². The van der Waals surface area contributed by atoms with Gasteiger partial charge in [0.1, 0.15) is 16.5 Å². The molecule has 0 spiro atoms. The molecule has 2 amide bonds. The largest absolute Gasteiger partial charge is 0.479 e. The van der Waals surface area contributed by atoms with Crippen LogP contribution in [0, 0.1) is 5.82 Å². The smallest absolute Gasteiger partial charge is 0.265 e. The zero-order valence-corrected chi connectivity index (χ0v) is 18.7. The van der Waals surface area contributed by atoms with Crippen molar-refractivity contribution in [1.82, 2.24) is 9.21 Å². The fraction of sp³-hybridized carbons (Fsp3) is 0.333. The van der Waals surface area contributed by atoms with Gasteiger partial charge in [0.05, 0.1) is 17.1 Å². The van der Waals surface area contributed by atoms with E-state index in [4.69, 9.17) is 16.3 Å². The maximum Gasteiger partial charge on any atom is 0.265 e. The molecule has 32 heavy (non-hydrogen) atoms. The van der Waals surface area contributed by atoms with E-state index in [2.05, 4.69) is 5.32 Å². The van der Waals surface area contributed by atoms with Crippen molar-refractivity contribution in [3.63, 3.8) is 0 Å². The highest BCUT2D eigenvalue weighted by Crippen LogP contribution is 2.38. The average Bonchev–Trinajstić information content (AvgIpc) is 2.76. The molecule has 2 aliphatic heterocycles. The summed E-state index contributed by atoms with van der Waals surface area (Å²) in [6.45, 7) is 2.23. The van der Waals surface area contributed by atoms with Gasteiger partial charge in [-0.25, -0.2) is 12.8 Å². The Morgan fingerprint density at radius 3 is 2.50 bits per heavy atom. The van der Waals surface area contributed by atoms with Gasteiger partial charge in [0.15, 0.2) is 6.10 Å². The van der Waals surface area contributed by atoms with Crippen LogP contribution in [0.15, 0.2) is 41.3 Å². The predicted molar refractivity (Wildman–Crippen MR) is 116 cm³/mol. The van der Waals surface area contributed by atoms with Gasteiger partial charge >= 0.3 is 0 Å². The van der Waals surface area contributed by atoms with E-state index in [0.717, 1.165) is 0 Å². The van der Waals surface area contributed by atoms with Crippen LogP contribution in [0.1, 0.15) is 12.5 Å². The van der Waals surface area contributed by atoms with E-state index in [9.17, 15) is 22.4 Å². The van der Waals surface area contributed by atoms with Gasteiger partial charge in [-0.15, -0.1) is 0 Å². The Bertz CT molecular complexity index is 1160. The van der Waals surface area contributed by atoms with Crippen molar-refractivity contribution in [2.75, 3.05) is 31.5 Å². The topological polar surface area (TPSA) is 96.0 Å². The normalized spacial score (nSPS) is 19.2. The van der Waals surface area contributed by atoms with Gasteiger partial charge in [0, 0.05) is 32.2 Å². The third-order valence-electron chi connectivity index (χ3n) is 5.44. The number of sulfonamides is 1. The van der Waals surface area contributed by atoms with Crippen LogP contribution >= 0.6 is 11.6 Å². The Morgan fingerprint density at radius 2 is 1.84 bits per heavy atom. The van der Waals surface area contributed by atoms with Crippen LogP contribution in [0.25, 0.3) is 0 Å². The number of halogens is 2. The third kappa shape index (κ3) is 4.43. The van der Waals surface area contributed by atoms with Crippen molar-refractivity contribution < 1.29 is 27.1 Å². The second kappa shape index (κ2) is 8.68. The van der Waals surface area contributed by atoms with E-state index < -0.39 is 16.1 Å². The van der Waals surface area contributed by atoms with Gasteiger partial charge < -0.3 is 15.0 Å². The molecular formula is C21H21ClFN3O5S. The first-order valence-corrected chi connectivity index (χ1v) is 11.8. The number of fused-ring (bicyclic) bond motifs is 1. The molecule has 0 bridgehead atoms. The lowest BCUT2D eigenvalue weighted by atomic mass is 10.1. The number of nitrogens with zero attached hydrogens (tertiary/aromatic N) is 2. The fourth-order valence-corrected chi connectivity index (χ4v) is 5.55. The Morgan fingerprint density at radius 1 is 1.19 bits per heavy atom. The molecule has 0 aliphatic carbocycles. The SMILES string of the molecule is C[C@H]1Oc2cc(S(=O)(=O)N3CCN(C(=O)Cc4ccc(F)cc4)CC3)c(Cl)cc2NC1=O. The fourth-order valence-electron chi connectivity index (χ4n) is 3.61. The summed E-state index contributed by atoms with van der Waals surface area (Å²) in [6.07, 6.45) is -0.639. The number of amides is 2. The molecule has 1 fully saturated rings. The molecule has 0 radical (unpaired) electrons. The zero-order chi connectivity index (χ0) is 23.0. The molecule has 11 heteroatoms. The average molecular weight is 482 g/mol. The third-order valence-corrected chi connectivity index (χ3v) is 7.81. The van der Waals surface area contributed by atoms with E-state index in [1.54, 1.807) is 24.0 Å². The Kier molecular flexibility index (Phi) is 6.11. The highest BCUT2D eigenvalue weighted by atomic mass is 35.5.